The summed E-state index contributed by atoms with van der Waals surface area (Å²) in [6.07, 6.45) is 2.65. The number of piperidine rings is 1. The Bertz CT molecular complexity index is 848. The van der Waals surface area contributed by atoms with E-state index in [2.05, 4.69) is 17.4 Å². The maximum absolute atomic E-state index is 12.4. The standard InChI is InChI=1S/C18H22N2O3S/c1-24(22,23)20-10-4-7-17(13-20)18(21)19-12-14-8-9-15-5-2-3-6-16(15)11-14/h2-3,5-6,8-9,11,17H,4,7,10,12-13H2,1H3,(H,19,21). The van der Waals surface area contributed by atoms with Crippen LogP contribution in [0.4, 0.5) is 0 Å². The highest BCUT2D eigenvalue weighted by Crippen LogP contribution is 2.19. The van der Waals surface area contributed by atoms with Crippen LogP contribution in [0.5, 0.6) is 0 Å². The van der Waals surface area contributed by atoms with Crippen LogP contribution < -0.4 is 5.32 Å². The van der Waals surface area contributed by atoms with Gasteiger partial charge < -0.3 is 5.32 Å². The fourth-order valence-electron chi connectivity index (χ4n) is 3.14. The predicted octanol–water partition coefficient (Wildman–Crippen LogP) is 2.13. The van der Waals surface area contributed by atoms with Gasteiger partial charge in [-0.25, -0.2) is 12.7 Å². The van der Waals surface area contributed by atoms with Crippen LogP contribution in [0.2, 0.25) is 0 Å². The smallest absolute Gasteiger partial charge is 0.224 e. The molecule has 1 heterocycles. The third-order valence-electron chi connectivity index (χ3n) is 4.50. The van der Waals surface area contributed by atoms with E-state index in [1.165, 1.54) is 15.9 Å². The van der Waals surface area contributed by atoms with Crippen molar-refractivity contribution in [3.05, 3.63) is 48.0 Å². The average molecular weight is 346 g/mol. The van der Waals surface area contributed by atoms with Crippen LogP contribution in [0.15, 0.2) is 42.5 Å². The lowest BCUT2D eigenvalue weighted by Gasteiger charge is -2.30. The number of sulfonamides is 1. The van der Waals surface area contributed by atoms with E-state index in [0.29, 0.717) is 13.1 Å². The van der Waals surface area contributed by atoms with E-state index < -0.39 is 10.0 Å². The van der Waals surface area contributed by atoms with E-state index in [1.807, 2.05) is 30.3 Å². The third-order valence-corrected chi connectivity index (χ3v) is 5.77. The molecule has 24 heavy (non-hydrogen) atoms. The minimum atomic E-state index is -3.23. The molecule has 0 aromatic heterocycles. The highest BCUT2D eigenvalue weighted by molar-refractivity contribution is 7.88. The molecule has 0 aliphatic carbocycles. The van der Waals surface area contributed by atoms with Crippen molar-refractivity contribution in [3.8, 4) is 0 Å². The summed E-state index contributed by atoms with van der Waals surface area (Å²) in [7, 11) is -3.23. The first-order valence-electron chi connectivity index (χ1n) is 8.14. The molecule has 1 unspecified atom stereocenters. The van der Waals surface area contributed by atoms with Gasteiger partial charge in [-0.15, -0.1) is 0 Å². The third kappa shape index (κ3) is 3.94. The Labute approximate surface area is 142 Å². The lowest BCUT2D eigenvalue weighted by Crippen LogP contribution is -2.44. The molecule has 0 saturated carbocycles. The minimum absolute atomic E-state index is 0.0727. The normalized spacial score (nSPS) is 19.3. The van der Waals surface area contributed by atoms with E-state index in [-0.39, 0.29) is 18.4 Å². The molecule has 1 aliphatic rings. The number of fused-ring (bicyclic) bond motifs is 1. The molecule has 2 aromatic rings. The Balaban J connectivity index is 1.62. The second kappa shape index (κ2) is 6.91. The molecule has 5 nitrogen and oxygen atoms in total. The topological polar surface area (TPSA) is 66.5 Å². The molecular weight excluding hydrogens is 324 g/mol. The second-order valence-electron chi connectivity index (χ2n) is 6.36. The van der Waals surface area contributed by atoms with E-state index >= 15 is 0 Å². The Morgan fingerprint density at radius 1 is 1.21 bits per heavy atom. The van der Waals surface area contributed by atoms with Crippen LogP contribution in [0.1, 0.15) is 18.4 Å². The summed E-state index contributed by atoms with van der Waals surface area (Å²) in [4.78, 5) is 12.4. The van der Waals surface area contributed by atoms with E-state index in [4.69, 9.17) is 0 Å². The van der Waals surface area contributed by atoms with Crippen molar-refractivity contribution < 1.29 is 13.2 Å². The first kappa shape index (κ1) is 16.9. The zero-order valence-electron chi connectivity index (χ0n) is 13.7. The first-order valence-corrected chi connectivity index (χ1v) is 9.99. The van der Waals surface area contributed by atoms with E-state index in [0.717, 1.165) is 23.8 Å². The minimum Gasteiger partial charge on any atom is -0.352 e. The predicted molar refractivity (Wildman–Crippen MR) is 94.9 cm³/mol. The van der Waals surface area contributed by atoms with Gasteiger partial charge in [0.1, 0.15) is 0 Å². The van der Waals surface area contributed by atoms with Crippen molar-refractivity contribution >= 4 is 26.7 Å². The Kier molecular flexibility index (Phi) is 4.87. The summed E-state index contributed by atoms with van der Waals surface area (Å²) in [5.41, 5.74) is 1.04. The van der Waals surface area contributed by atoms with E-state index in [9.17, 15) is 13.2 Å². The molecule has 0 spiro atoms. The quantitative estimate of drug-likeness (QED) is 0.922. The lowest BCUT2D eigenvalue weighted by atomic mass is 9.98. The van der Waals surface area contributed by atoms with Crippen molar-refractivity contribution in [2.45, 2.75) is 19.4 Å². The monoisotopic (exact) mass is 346 g/mol. The van der Waals surface area contributed by atoms with Crippen LogP contribution in [-0.4, -0.2) is 38.0 Å². The van der Waals surface area contributed by atoms with Gasteiger partial charge in [-0.1, -0.05) is 36.4 Å². The summed E-state index contributed by atoms with van der Waals surface area (Å²) in [5, 5.41) is 5.26. The molecule has 2 aromatic carbocycles. The van der Waals surface area contributed by atoms with Crippen LogP contribution >= 0.6 is 0 Å². The highest BCUT2D eigenvalue weighted by atomic mass is 32.2. The maximum Gasteiger partial charge on any atom is 0.224 e. The fourth-order valence-corrected chi connectivity index (χ4v) is 4.05. The van der Waals surface area contributed by atoms with Gasteiger partial charge in [-0.2, -0.15) is 0 Å². The molecule has 1 N–H and O–H groups in total. The lowest BCUT2D eigenvalue weighted by molar-refractivity contribution is -0.126. The van der Waals surface area contributed by atoms with Gasteiger partial charge in [-0.05, 0) is 35.2 Å². The largest absolute Gasteiger partial charge is 0.352 e. The number of nitrogens with zero attached hydrogens (tertiary/aromatic N) is 1. The molecule has 0 radical (unpaired) electrons. The number of benzene rings is 2. The summed E-state index contributed by atoms with van der Waals surface area (Å²) in [5.74, 6) is -0.342. The molecule has 1 atom stereocenters. The van der Waals surface area contributed by atoms with Crippen LogP contribution in [0.25, 0.3) is 10.8 Å². The summed E-state index contributed by atoms with van der Waals surface area (Å²) in [6, 6.07) is 14.2. The number of carbonyl (C=O) groups excluding carboxylic acids is 1. The molecule has 128 valence electrons. The van der Waals surface area contributed by atoms with Gasteiger partial charge in [0.2, 0.25) is 15.9 Å². The van der Waals surface area contributed by atoms with Crippen molar-refractivity contribution in [1.82, 2.24) is 9.62 Å². The van der Waals surface area contributed by atoms with Crippen molar-refractivity contribution in [3.63, 3.8) is 0 Å². The molecular formula is C18H22N2O3S. The van der Waals surface area contributed by atoms with Gasteiger partial charge in [0, 0.05) is 19.6 Å². The molecule has 6 heteroatoms. The number of rotatable bonds is 4. The highest BCUT2D eigenvalue weighted by Gasteiger charge is 2.29. The summed E-state index contributed by atoms with van der Waals surface area (Å²) >= 11 is 0. The Morgan fingerprint density at radius 2 is 1.96 bits per heavy atom. The zero-order valence-corrected chi connectivity index (χ0v) is 14.6. The fraction of sp³-hybridized carbons (Fsp3) is 0.389. The number of carbonyl (C=O) groups is 1. The molecule has 1 saturated heterocycles. The molecule has 0 bridgehead atoms. The van der Waals surface area contributed by atoms with Gasteiger partial charge >= 0.3 is 0 Å². The van der Waals surface area contributed by atoms with Crippen LogP contribution in [-0.2, 0) is 21.4 Å². The van der Waals surface area contributed by atoms with E-state index in [1.54, 1.807) is 0 Å². The van der Waals surface area contributed by atoms with Gasteiger partial charge in [0.25, 0.3) is 0 Å². The van der Waals surface area contributed by atoms with Crippen LogP contribution in [0, 0.1) is 5.92 Å². The zero-order chi connectivity index (χ0) is 17.2. The van der Waals surface area contributed by atoms with Crippen molar-refractivity contribution in [2.75, 3.05) is 19.3 Å². The maximum atomic E-state index is 12.4. The summed E-state index contributed by atoms with van der Waals surface area (Å²) < 4.78 is 24.7. The number of hydrogen-bond acceptors (Lipinski definition) is 3. The molecule has 1 aliphatic heterocycles. The Morgan fingerprint density at radius 3 is 2.71 bits per heavy atom. The second-order valence-corrected chi connectivity index (χ2v) is 8.34. The number of hydrogen-bond donors (Lipinski definition) is 1. The number of amides is 1. The van der Waals surface area contributed by atoms with Gasteiger partial charge in [0.15, 0.2) is 0 Å². The summed E-state index contributed by atoms with van der Waals surface area (Å²) in [6.45, 7) is 1.24. The van der Waals surface area contributed by atoms with Gasteiger partial charge in [0.05, 0.1) is 12.2 Å². The van der Waals surface area contributed by atoms with Crippen molar-refractivity contribution in [2.24, 2.45) is 5.92 Å². The molecule has 1 amide bonds. The van der Waals surface area contributed by atoms with Crippen LogP contribution in [0.3, 0.4) is 0 Å². The first-order chi connectivity index (χ1) is 11.4. The number of nitrogens with one attached hydrogen (secondary N) is 1. The van der Waals surface area contributed by atoms with Gasteiger partial charge in [-0.3, -0.25) is 4.79 Å². The SMILES string of the molecule is CS(=O)(=O)N1CCCC(C(=O)NCc2ccc3ccccc3c2)C1. The van der Waals surface area contributed by atoms with Crippen molar-refractivity contribution in [1.29, 1.82) is 0 Å². The Hall–Kier alpha value is -1.92. The molecule has 3 rings (SSSR count). The average Bonchev–Trinajstić information content (AvgIpc) is 2.59. The molecule has 1 fully saturated rings.